The van der Waals surface area contributed by atoms with E-state index in [0.717, 1.165) is 9.35 Å². The molecular formula is C17H17BrN6O14P3S2-3. The molecule has 2 fully saturated rings. The number of nitrogens with zero attached hydrogens (tertiary/aromatic N) is 3. The zero-order valence-electron chi connectivity index (χ0n) is 20.7. The summed E-state index contributed by atoms with van der Waals surface area (Å²) in [5, 5.41) is 4.47. The van der Waals surface area contributed by atoms with Gasteiger partial charge in [-0.3, -0.25) is 23.1 Å². The number of nitrogen functional groups attached to an aromatic ring is 1. The van der Waals surface area contributed by atoms with Crippen LogP contribution in [0.25, 0.3) is 11.2 Å². The second kappa shape index (κ2) is 12.4. The molecular weight excluding hydrogens is 749 g/mol. The number of anilines is 1. The van der Waals surface area contributed by atoms with E-state index in [0.29, 0.717) is 0 Å². The van der Waals surface area contributed by atoms with E-state index in [4.69, 9.17) is 37.1 Å². The van der Waals surface area contributed by atoms with Crippen LogP contribution in [0.5, 0.6) is 0 Å². The van der Waals surface area contributed by atoms with Crippen LogP contribution in [0, 0.1) is 4.64 Å². The number of hydrogen-bond donors (Lipinski definition) is 4. The third kappa shape index (κ3) is 7.67. The van der Waals surface area contributed by atoms with Crippen LogP contribution in [-0.2, 0) is 52.4 Å². The SMILES string of the molecule is Nc1nc(=S)c2ncn(C3OC(COP(=O)([O-])OP(=O)([O-])OP(=O)([O-])O)C4O[C@@H](C(=O)NCc5ccsc5Br)OC43)c2[nH]1. The van der Waals surface area contributed by atoms with Crippen LogP contribution in [-0.4, -0.2) is 61.5 Å². The molecule has 0 aromatic carbocycles. The molecule has 8 atom stereocenters. The monoisotopic (exact) mass is 765 g/mol. The van der Waals surface area contributed by atoms with Gasteiger partial charge in [0.15, 0.2) is 16.8 Å². The zero-order chi connectivity index (χ0) is 31.3. The van der Waals surface area contributed by atoms with Crippen molar-refractivity contribution in [2.24, 2.45) is 0 Å². The van der Waals surface area contributed by atoms with Crippen molar-refractivity contribution < 1.29 is 65.4 Å². The van der Waals surface area contributed by atoms with Gasteiger partial charge in [-0.2, -0.15) is 0 Å². The summed E-state index contributed by atoms with van der Waals surface area (Å²) >= 11 is 9.96. The zero-order valence-corrected chi connectivity index (χ0v) is 26.6. The minimum Gasteiger partial charge on any atom is -0.756 e. The average molecular weight is 766 g/mol. The fourth-order valence-corrected chi connectivity index (χ4v) is 8.51. The Balaban J connectivity index is 1.36. The number of nitrogens with two attached hydrogens (primary N) is 1. The lowest BCUT2D eigenvalue weighted by Crippen LogP contribution is -2.37. The number of rotatable bonds is 11. The lowest BCUT2D eigenvalue weighted by atomic mass is 10.1. The van der Waals surface area contributed by atoms with Gasteiger partial charge in [-0.15, -0.1) is 11.3 Å². The number of phosphoric ester groups is 1. The van der Waals surface area contributed by atoms with Crippen molar-refractivity contribution in [3.63, 3.8) is 0 Å². The molecule has 5 rings (SSSR count). The normalized spacial score (nSPS) is 27.8. The van der Waals surface area contributed by atoms with Gasteiger partial charge in [-0.25, -0.2) is 18.6 Å². The van der Waals surface area contributed by atoms with Gasteiger partial charge < -0.3 is 54.3 Å². The van der Waals surface area contributed by atoms with E-state index in [1.54, 1.807) is 6.07 Å². The van der Waals surface area contributed by atoms with Crippen molar-refractivity contribution in [3.8, 4) is 0 Å². The summed E-state index contributed by atoms with van der Waals surface area (Å²) in [6, 6.07) is 1.79. The van der Waals surface area contributed by atoms with Gasteiger partial charge in [0.1, 0.15) is 29.5 Å². The second-order valence-corrected chi connectivity index (χ2v) is 15.5. The summed E-state index contributed by atoms with van der Waals surface area (Å²) < 4.78 is 65.6. The molecule has 0 saturated carbocycles. The highest BCUT2D eigenvalue weighted by atomic mass is 79.9. The lowest BCUT2D eigenvalue weighted by molar-refractivity contribution is -0.250. The van der Waals surface area contributed by atoms with Gasteiger partial charge in [0.2, 0.25) is 6.29 Å². The molecule has 0 aliphatic carbocycles. The molecule has 43 heavy (non-hydrogen) atoms. The Morgan fingerprint density at radius 1 is 1.23 bits per heavy atom. The van der Waals surface area contributed by atoms with Gasteiger partial charge in [0.05, 0.1) is 16.7 Å². The van der Waals surface area contributed by atoms with Gasteiger partial charge in [-0.05, 0) is 32.9 Å². The molecule has 3 aromatic heterocycles. The molecule has 2 aliphatic heterocycles. The number of carbonyl (C=O) groups excluding carboxylic acids is 1. The molecule has 1 amide bonds. The number of thiophene rings is 1. The predicted octanol–water partition coefficient (Wildman–Crippen LogP) is -0.334. The second-order valence-electron chi connectivity index (χ2n) is 8.63. The molecule has 26 heteroatoms. The maximum atomic E-state index is 12.9. The Morgan fingerprint density at radius 3 is 2.63 bits per heavy atom. The minimum atomic E-state index is -6.14. The summed E-state index contributed by atoms with van der Waals surface area (Å²) in [4.78, 5) is 66.7. The Bertz CT molecular complexity index is 1750. The molecule has 5 N–H and O–H groups in total. The molecule has 5 heterocycles. The van der Waals surface area contributed by atoms with Gasteiger partial charge in [-0.1, -0.05) is 12.2 Å². The van der Waals surface area contributed by atoms with Crippen LogP contribution in [0.2, 0.25) is 0 Å². The molecule has 7 unspecified atom stereocenters. The third-order valence-electron chi connectivity index (χ3n) is 5.75. The van der Waals surface area contributed by atoms with E-state index >= 15 is 0 Å². The number of nitrogens with one attached hydrogen (secondary N) is 2. The molecule has 20 nitrogen and oxygen atoms in total. The van der Waals surface area contributed by atoms with Crippen LogP contribution < -0.4 is 25.7 Å². The number of imidazole rings is 1. The van der Waals surface area contributed by atoms with Crippen LogP contribution in [0.4, 0.5) is 5.95 Å². The van der Waals surface area contributed by atoms with E-state index in [9.17, 15) is 33.2 Å². The topological polar surface area (TPSA) is 298 Å². The highest BCUT2D eigenvalue weighted by Crippen LogP contribution is 2.61. The van der Waals surface area contributed by atoms with E-state index in [2.05, 4.69) is 49.3 Å². The summed E-state index contributed by atoms with van der Waals surface area (Å²) in [5.41, 5.74) is 7.02. The Labute approximate surface area is 257 Å². The third-order valence-corrected chi connectivity index (χ3v) is 11.5. The average Bonchev–Trinajstić information content (AvgIpc) is 3.63. The fraction of sp³-hybridized carbons (Fsp3) is 0.412. The first kappa shape index (κ1) is 32.9. The van der Waals surface area contributed by atoms with Crippen molar-refractivity contribution in [1.29, 1.82) is 0 Å². The number of ether oxygens (including phenoxy) is 3. The molecule has 236 valence electrons. The molecule has 0 spiro atoms. The van der Waals surface area contributed by atoms with Crippen LogP contribution >= 0.6 is 63.0 Å². The smallest absolute Gasteiger partial charge is 0.280 e. The van der Waals surface area contributed by atoms with Gasteiger partial charge in [0.25, 0.3) is 29.4 Å². The number of aromatic nitrogens is 4. The number of aromatic amines is 1. The van der Waals surface area contributed by atoms with Gasteiger partial charge in [0, 0.05) is 6.54 Å². The van der Waals surface area contributed by atoms with Crippen LogP contribution in [0.15, 0.2) is 21.6 Å². The predicted molar refractivity (Wildman–Crippen MR) is 142 cm³/mol. The standard InChI is InChI=1S/C17H20BrN6O14P3S2/c18-11-6(1-2-43-11)3-20-13(25)16-35-9-7(4-33-40(29,30)38-41(31,32)37-39(26,27)28)34-15(10(9)36-16)24-5-21-8-12(24)22-17(19)23-14(8)42/h1-2,5,7,9-10,15-16H,3-4H2,(H,20,25)(H,29,30)(H,31,32)(H2,26,27,28)(H3,19,22,23,42)/p-3/t7?,9?,10?,15?,16-/m1/s1. The van der Waals surface area contributed by atoms with Crippen molar-refractivity contribution in [2.75, 3.05) is 12.3 Å². The highest BCUT2D eigenvalue weighted by molar-refractivity contribution is 9.11. The minimum absolute atomic E-state index is 0.0547. The number of carbonyl (C=O) groups is 1. The fourth-order valence-electron chi connectivity index (χ4n) is 4.13. The number of phosphoric acid groups is 3. The van der Waals surface area contributed by atoms with Crippen molar-refractivity contribution >= 4 is 86.0 Å². The molecule has 2 saturated heterocycles. The Hall–Kier alpha value is -1.49. The van der Waals surface area contributed by atoms with Crippen molar-refractivity contribution in [3.05, 3.63) is 31.8 Å². The highest BCUT2D eigenvalue weighted by Gasteiger charge is 2.55. The quantitative estimate of drug-likeness (QED) is 0.143. The maximum Gasteiger partial charge on any atom is 0.280 e. The van der Waals surface area contributed by atoms with E-state index in [-0.39, 0.29) is 28.3 Å². The molecule has 2 aliphatic rings. The summed E-state index contributed by atoms with van der Waals surface area (Å²) in [7, 11) is -17.9. The van der Waals surface area contributed by atoms with Gasteiger partial charge >= 0.3 is 0 Å². The first-order valence-electron chi connectivity index (χ1n) is 11.4. The Morgan fingerprint density at radius 2 is 1.95 bits per heavy atom. The number of H-pyrrole nitrogens is 1. The van der Waals surface area contributed by atoms with Crippen LogP contribution in [0.1, 0.15) is 11.8 Å². The summed E-state index contributed by atoms with van der Waals surface area (Å²) in [5.74, 6) is -0.740. The number of halogens is 1. The maximum absolute atomic E-state index is 12.9. The first-order valence-corrected chi connectivity index (χ1v) is 17.9. The van der Waals surface area contributed by atoms with E-state index in [1.807, 2.05) is 5.38 Å². The molecule has 3 aromatic rings. The van der Waals surface area contributed by atoms with Crippen molar-refractivity contribution in [2.45, 2.75) is 37.4 Å². The number of fused-ring (bicyclic) bond motifs is 2. The first-order chi connectivity index (χ1) is 20.0. The largest absolute Gasteiger partial charge is 0.756 e. The lowest BCUT2D eigenvalue weighted by Gasteiger charge is -2.33. The summed E-state index contributed by atoms with van der Waals surface area (Å²) in [6.45, 7) is -0.848. The van der Waals surface area contributed by atoms with E-state index in [1.165, 1.54) is 22.2 Å². The molecule has 0 bridgehead atoms. The Kier molecular flexibility index (Phi) is 9.46. The molecule has 0 radical (unpaired) electrons. The van der Waals surface area contributed by atoms with Crippen LogP contribution in [0.3, 0.4) is 0 Å². The van der Waals surface area contributed by atoms with Crippen molar-refractivity contribution in [1.82, 2.24) is 24.8 Å². The van der Waals surface area contributed by atoms with E-state index < -0.39 is 66.8 Å². The number of hydrogen-bond acceptors (Lipinski definition) is 18. The number of amides is 1. The summed E-state index contributed by atoms with van der Waals surface area (Å²) in [6.07, 6.45) is -5.03.